The van der Waals surface area contributed by atoms with E-state index in [2.05, 4.69) is 28.7 Å². The van der Waals surface area contributed by atoms with Crippen molar-refractivity contribution in [1.82, 2.24) is 4.37 Å². The summed E-state index contributed by atoms with van der Waals surface area (Å²) in [6.45, 7) is 4.49. The molecule has 1 aromatic carbocycles. The third kappa shape index (κ3) is 3.12. The number of carbonyl (C=O) groups is 1. The van der Waals surface area contributed by atoms with Crippen LogP contribution in [0.5, 0.6) is 0 Å². The van der Waals surface area contributed by atoms with Gasteiger partial charge in [-0.15, -0.1) is 0 Å². The predicted octanol–water partition coefficient (Wildman–Crippen LogP) is 3.11. The molecule has 2 aromatic rings. The van der Waals surface area contributed by atoms with Gasteiger partial charge in [0.05, 0.1) is 5.69 Å². The van der Waals surface area contributed by atoms with E-state index in [1.807, 2.05) is 12.1 Å². The number of benzene rings is 1. The third-order valence-electron chi connectivity index (χ3n) is 3.02. The highest BCUT2D eigenvalue weighted by atomic mass is 32.1. The lowest BCUT2D eigenvalue weighted by Gasteiger charge is -2.07. The van der Waals surface area contributed by atoms with E-state index >= 15 is 0 Å². The number of nitrogens with one attached hydrogen (secondary N) is 1. The number of nitrogens with zero attached hydrogens (tertiary/aromatic N) is 1. The van der Waals surface area contributed by atoms with Gasteiger partial charge in [-0.3, -0.25) is 0 Å². The quantitative estimate of drug-likeness (QED) is 0.880. The molecule has 100 valence electrons. The number of hydrogen-bond acceptors (Lipinski definition) is 4. The molecular weight excluding hydrogens is 260 g/mol. The van der Waals surface area contributed by atoms with Crippen LogP contribution >= 0.6 is 11.5 Å². The first-order chi connectivity index (χ1) is 9.09. The summed E-state index contributed by atoms with van der Waals surface area (Å²) < 4.78 is 4.08. The summed E-state index contributed by atoms with van der Waals surface area (Å²) in [5.74, 6) is -0.926. The molecule has 5 heteroatoms. The molecule has 2 rings (SSSR count). The van der Waals surface area contributed by atoms with Crippen LogP contribution in [0.15, 0.2) is 24.3 Å². The molecule has 0 aliphatic carbocycles. The number of carboxylic acids is 1. The number of carboxylic acid groups (broad SMARTS) is 1. The molecule has 0 aliphatic rings. The van der Waals surface area contributed by atoms with Crippen LogP contribution in [-0.2, 0) is 6.42 Å². The van der Waals surface area contributed by atoms with E-state index in [-0.39, 0.29) is 5.56 Å². The number of rotatable bonds is 5. The molecule has 1 heterocycles. The third-order valence-corrected chi connectivity index (χ3v) is 3.91. The molecule has 0 bridgehead atoms. The van der Waals surface area contributed by atoms with Gasteiger partial charge in [0.2, 0.25) is 0 Å². The maximum Gasteiger partial charge on any atom is 0.340 e. The van der Waals surface area contributed by atoms with Gasteiger partial charge in [0, 0.05) is 6.54 Å². The molecule has 0 radical (unpaired) electrons. The van der Waals surface area contributed by atoms with Crippen molar-refractivity contribution in [3.05, 3.63) is 46.6 Å². The molecule has 0 saturated heterocycles. The fourth-order valence-corrected chi connectivity index (χ4v) is 2.76. The van der Waals surface area contributed by atoms with Gasteiger partial charge < -0.3 is 10.4 Å². The number of aromatic nitrogens is 1. The Labute approximate surface area is 116 Å². The second-order valence-electron chi connectivity index (χ2n) is 4.38. The van der Waals surface area contributed by atoms with E-state index in [1.165, 1.54) is 22.7 Å². The highest BCUT2D eigenvalue weighted by molar-refractivity contribution is 7.10. The Balaban J connectivity index is 2.00. The minimum Gasteiger partial charge on any atom is -0.478 e. The monoisotopic (exact) mass is 276 g/mol. The minimum atomic E-state index is -0.926. The van der Waals surface area contributed by atoms with E-state index in [4.69, 9.17) is 5.11 Å². The van der Waals surface area contributed by atoms with Gasteiger partial charge in [0.25, 0.3) is 0 Å². The van der Waals surface area contributed by atoms with Crippen molar-refractivity contribution in [3.63, 3.8) is 0 Å². The average molecular weight is 276 g/mol. The summed E-state index contributed by atoms with van der Waals surface area (Å²) in [4.78, 5) is 11.1. The Hall–Kier alpha value is -1.88. The van der Waals surface area contributed by atoms with Gasteiger partial charge in [0.1, 0.15) is 10.6 Å². The standard InChI is InChI=1S/C14H16N2O2S/c1-9-5-3-4-6-11(9)7-8-15-13-12(14(17)18)10(2)16-19-13/h3-6,15H,7-8H2,1-2H3,(H,17,18). The summed E-state index contributed by atoms with van der Waals surface area (Å²) in [7, 11) is 0. The van der Waals surface area contributed by atoms with Gasteiger partial charge >= 0.3 is 5.97 Å². The highest BCUT2D eigenvalue weighted by Crippen LogP contribution is 2.24. The molecule has 19 heavy (non-hydrogen) atoms. The molecule has 0 saturated carbocycles. The van der Waals surface area contributed by atoms with Crippen molar-refractivity contribution < 1.29 is 9.90 Å². The molecule has 0 spiro atoms. The zero-order valence-corrected chi connectivity index (χ0v) is 11.8. The van der Waals surface area contributed by atoms with Gasteiger partial charge in [-0.05, 0) is 42.9 Å². The molecule has 0 unspecified atom stereocenters. The van der Waals surface area contributed by atoms with Crippen molar-refractivity contribution in [2.75, 3.05) is 11.9 Å². The van der Waals surface area contributed by atoms with Crippen molar-refractivity contribution in [3.8, 4) is 0 Å². The minimum absolute atomic E-state index is 0.287. The normalized spacial score (nSPS) is 10.4. The van der Waals surface area contributed by atoms with E-state index in [9.17, 15) is 4.79 Å². The topological polar surface area (TPSA) is 62.2 Å². The SMILES string of the molecule is Cc1ccccc1CCNc1snc(C)c1C(=O)O. The smallest absolute Gasteiger partial charge is 0.340 e. The summed E-state index contributed by atoms with van der Waals surface area (Å²) in [5, 5.41) is 12.9. The largest absolute Gasteiger partial charge is 0.478 e. The van der Waals surface area contributed by atoms with Crippen LogP contribution in [-0.4, -0.2) is 22.0 Å². The van der Waals surface area contributed by atoms with Crippen molar-refractivity contribution in [2.45, 2.75) is 20.3 Å². The first-order valence-electron chi connectivity index (χ1n) is 6.07. The Bertz CT molecular complexity index is 593. The van der Waals surface area contributed by atoms with Gasteiger partial charge in [-0.2, -0.15) is 4.37 Å². The Morgan fingerprint density at radius 2 is 2.11 bits per heavy atom. The van der Waals surface area contributed by atoms with Crippen molar-refractivity contribution in [1.29, 1.82) is 0 Å². The lowest BCUT2D eigenvalue weighted by molar-refractivity contribution is 0.0697. The van der Waals surface area contributed by atoms with Crippen LogP contribution in [0.25, 0.3) is 0 Å². The van der Waals surface area contributed by atoms with Crippen molar-refractivity contribution in [2.24, 2.45) is 0 Å². The van der Waals surface area contributed by atoms with E-state index in [0.717, 1.165) is 6.42 Å². The Morgan fingerprint density at radius 3 is 2.79 bits per heavy atom. The summed E-state index contributed by atoms with van der Waals surface area (Å²) in [6.07, 6.45) is 0.864. The van der Waals surface area contributed by atoms with Crippen LogP contribution in [0.1, 0.15) is 27.2 Å². The van der Waals surface area contributed by atoms with Gasteiger partial charge in [-0.1, -0.05) is 24.3 Å². The van der Waals surface area contributed by atoms with Crippen LogP contribution in [0.4, 0.5) is 5.00 Å². The van der Waals surface area contributed by atoms with E-state index in [1.54, 1.807) is 6.92 Å². The maximum atomic E-state index is 11.1. The number of aryl methyl sites for hydroxylation is 2. The summed E-state index contributed by atoms with van der Waals surface area (Å²) >= 11 is 1.20. The Morgan fingerprint density at radius 1 is 1.37 bits per heavy atom. The van der Waals surface area contributed by atoms with Crippen LogP contribution < -0.4 is 5.32 Å². The second kappa shape index (κ2) is 5.84. The lowest BCUT2D eigenvalue weighted by Crippen LogP contribution is -2.08. The molecule has 0 atom stereocenters. The summed E-state index contributed by atoms with van der Waals surface area (Å²) in [6, 6.07) is 8.20. The zero-order valence-electron chi connectivity index (χ0n) is 10.9. The second-order valence-corrected chi connectivity index (χ2v) is 5.15. The summed E-state index contributed by atoms with van der Waals surface area (Å²) in [5.41, 5.74) is 3.38. The zero-order chi connectivity index (χ0) is 13.8. The molecule has 4 nitrogen and oxygen atoms in total. The predicted molar refractivity (Wildman–Crippen MR) is 77.2 cm³/mol. The maximum absolute atomic E-state index is 11.1. The molecule has 0 fully saturated rings. The first kappa shape index (κ1) is 13.5. The molecule has 0 aliphatic heterocycles. The first-order valence-corrected chi connectivity index (χ1v) is 6.85. The lowest BCUT2D eigenvalue weighted by atomic mass is 10.1. The van der Waals surface area contributed by atoms with E-state index in [0.29, 0.717) is 17.2 Å². The molecule has 2 N–H and O–H groups in total. The van der Waals surface area contributed by atoms with Crippen LogP contribution in [0.2, 0.25) is 0 Å². The fourth-order valence-electron chi connectivity index (χ4n) is 1.94. The highest BCUT2D eigenvalue weighted by Gasteiger charge is 2.16. The number of hydrogen-bond donors (Lipinski definition) is 2. The Kier molecular flexibility index (Phi) is 4.16. The molecule has 0 amide bonds. The van der Waals surface area contributed by atoms with Gasteiger partial charge in [-0.25, -0.2) is 4.79 Å². The van der Waals surface area contributed by atoms with Crippen LogP contribution in [0.3, 0.4) is 0 Å². The molecule has 1 aromatic heterocycles. The average Bonchev–Trinajstić information content (AvgIpc) is 2.73. The number of aromatic carboxylic acids is 1. The molecular formula is C14H16N2O2S. The van der Waals surface area contributed by atoms with Crippen molar-refractivity contribution >= 4 is 22.5 Å². The number of anilines is 1. The van der Waals surface area contributed by atoms with Crippen LogP contribution in [0, 0.1) is 13.8 Å². The van der Waals surface area contributed by atoms with E-state index < -0.39 is 5.97 Å². The fraction of sp³-hybridized carbons (Fsp3) is 0.286. The van der Waals surface area contributed by atoms with Gasteiger partial charge in [0.15, 0.2) is 0 Å².